The van der Waals surface area contributed by atoms with Gasteiger partial charge < -0.3 is 4.90 Å². The zero-order chi connectivity index (χ0) is 13.9. The van der Waals surface area contributed by atoms with Crippen molar-refractivity contribution in [1.29, 1.82) is 0 Å². The van der Waals surface area contributed by atoms with Gasteiger partial charge in [-0.25, -0.2) is 4.39 Å². The summed E-state index contributed by atoms with van der Waals surface area (Å²) in [7, 11) is 4.02. The SMILES string of the molecule is CCC(C)(C(NN)c1ccc(C)c(F)c1)N(C)C. The van der Waals surface area contributed by atoms with Crippen LogP contribution >= 0.6 is 0 Å². The number of hydrogen-bond acceptors (Lipinski definition) is 3. The second kappa shape index (κ2) is 5.78. The van der Waals surface area contributed by atoms with E-state index in [0.717, 1.165) is 12.0 Å². The Morgan fingerprint density at radius 1 is 1.44 bits per heavy atom. The van der Waals surface area contributed by atoms with Crippen molar-refractivity contribution in [1.82, 2.24) is 10.3 Å². The first-order chi connectivity index (χ1) is 8.36. The van der Waals surface area contributed by atoms with Crippen LogP contribution in [0.15, 0.2) is 18.2 Å². The number of hydrazine groups is 1. The Hall–Kier alpha value is -0.970. The molecular weight excluding hydrogens is 229 g/mol. The molecule has 3 N–H and O–H groups in total. The summed E-state index contributed by atoms with van der Waals surface area (Å²) in [5.74, 6) is 5.50. The third-order valence-electron chi connectivity index (χ3n) is 4.06. The number of hydrogen-bond donors (Lipinski definition) is 2. The number of nitrogens with one attached hydrogen (secondary N) is 1. The van der Waals surface area contributed by atoms with Crippen LogP contribution in [0.2, 0.25) is 0 Å². The molecule has 1 aromatic carbocycles. The van der Waals surface area contributed by atoms with Crippen molar-refractivity contribution >= 4 is 0 Å². The first kappa shape index (κ1) is 15.1. The molecule has 0 spiro atoms. The molecule has 0 heterocycles. The van der Waals surface area contributed by atoms with E-state index in [1.54, 1.807) is 19.1 Å². The first-order valence-corrected chi connectivity index (χ1v) is 6.26. The average Bonchev–Trinajstić information content (AvgIpc) is 2.33. The summed E-state index contributed by atoms with van der Waals surface area (Å²) in [6.45, 7) is 5.99. The molecule has 0 fully saturated rings. The van der Waals surface area contributed by atoms with Crippen LogP contribution < -0.4 is 11.3 Å². The van der Waals surface area contributed by atoms with Crippen molar-refractivity contribution < 1.29 is 4.39 Å². The molecule has 0 aliphatic carbocycles. The fourth-order valence-electron chi connectivity index (χ4n) is 2.20. The van der Waals surface area contributed by atoms with E-state index >= 15 is 0 Å². The van der Waals surface area contributed by atoms with E-state index in [1.807, 2.05) is 20.2 Å². The molecule has 3 nitrogen and oxygen atoms in total. The standard InChI is InChI=1S/C14H24FN3/c1-6-14(3,18(4)5)13(17-16)11-8-7-10(2)12(15)9-11/h7-9,13,17H,6,16H2,1-5H3. The first-order valence-electron chi connectivity index (χ1n) is 6.26. The topological polar surface area (TPSA) is 41.3 Å². The highest BCUT2D eigenvalue weighted by Gasteiger charge is 2.35. The van der Waals surface area contributed by atoms with E-state index in [1.165, 1.54) is 0 Å². The van der Waals surface area contributed by atoms with Crippen molar-refractivity contribution in [2.24, 2.45) is 5.84 Å². The molecule has 0 saturated carbocycles. The molecule has 18 heavy (non-hydrogen) atoms. The number of benzene rings is 1. The number of halogens is 1. The third kappa shape index (κ3) is 2.71. The highest BCUT2D eigenvalue weighted by molar-refractivity contribution is 5.28. The Morgan fingerprint density at radius 2 is 2.06 bits per heavy atom. The normalized spacial score (nSPS) is 16.7. The zero-order valence-electron chi connectivity index (χ0n) is 11.9. The van der Waals surface area contributed by atoms with Crippen LogP contribution in [-0.4, -0.2) is 24.5 Å². The summed E-state index contributed by atoms with van der Waals surface area (Å²) in [4.78, 5) is 2.12. The number of likely N-dealkylation sites (N-methyl/N-ethyl adjacent to an activating group) is 1. The van der Waals surface area contributed by atoms with Crippen molar-refractivity contribution in [3.8, 4) is 0 Å². The van der Waals surface area contributed by atoms with Gasteiger partial charge in [0.2, 0.25) is 0 Å². The molecule has 4 heteroatoms. The smallest absolute Gasteiger partial charge is 0.126 e. The molecule has 0 amide bonds. The lowest BCUT2D eigenvalue weighted by molar-refractivity contribution is 0.113. The Labute approximate surface area is 109 Å². The minimum absolute atomic E-state index is 0.118. The van der Waals surface area contributed by atoms with E-state index < -0.39 is 0 Å². The minimum atomic E-state index is -0.190. The van der Waals surface area contributed by atoms with Gasteiger partial charge >= 0.3 is 0 Å². The fraction of sp³-hybridized carbons (Fsp3) is 0.571. The van der Waals surface area contributed by atoms with Gasteiger partial charge in [0, 0.05) is 5.54 Å². The predicted octanol–water partition coefficient (Wildman–Crippen LogP) is 2.37. The fourth-order valence-corrected chi connectivity index (χ4v) is 2.20. The molecule has 1 aromatic rings. The van der Waals surface area contributed by atoms with Gasteiger partial charge in [0.25, 0.3) is 0 Å². The third-order valence-corrected chi connectivity index (χ3v) is 4.06. The zero-order valence-corrected chi connectivity index (χ0v) is 11.9. The van der Waals surface area contributed by atoms with Crippen LogP contribution in [0.4, 0.5) is 4.39 Å². The lowest BCUT2D eigenvalue weighted by atomic mass is 9.83. The number of nitrogens with two attached hydrogens (primary N) is 1. The van der Waals surface area contributed by atoms with Crippen LogP contribution in [0.3, 0.4) is 0 Å². The Morgan fingerprint density at radius 3 is 2.44 bits per heavy atom. The largest absolute Gasteiger partial charge is 0.302 e. The molecule has 1 rings (SSSR count). The Balaban J connectivity index is 3.20. The maximum Gasteiger partial charge on any atom is 0.126 e. The van der Waals surface area contributed by atoms with Crippen molar-refractivity contribution in [3.05, 3.63) is 35.1 Å². The summed E-state index contributed by atoms with van der Waals surface area (Å²) in [5.41, 5.74) is 4.18. The lowest BCUT2D eigenvalue weighted by Gasteiger charge is -2.42. The van der Waals surface area contributed by atoms with Crippen LogP contribution in [0, 0.1) is 12.7 Å². The monoisotopic (exact) mass is 253 g/mol. The molecule has 2 unspecified atom stereocenters. The van der Waals surface area contributed by atoms with Gasteiger partial charge in [-0.2, -0.15) is 0 Å². The molecule has 0 saturated heterocycles. The Bertz CT molecular complexity index is 406. The van der Waals surface area contributed by atoms with Crippen molar-refractivity contribution in [2.75, 3.05) is 14.1 Å². The highest BCUT2D eigenvalue weighted by Crippen LogP contribution is 2.32. The van der Waals surface area contributed by atoms with E-state index in [-0.39, 0.29) is 17.4 Å². The van der Waals surface area contributed by atoms with Gasteiger partial charge in [-0.1, -0.05) is 19.1 Å². The van der Waals surface area contributed by atoms with Crippen molar-refractivity contribution in [3.63, 3.8) is 0 Å². The molecule has 0 aliphatic rings. The highest BCUT2D eigenvalue weighted by atomic mass is 19.1. The van der Waals surface area contributed by atoms with E-state index in [2.05, 4.69) is 24.2 Å². The minimum Gasteiger partial charge on any atom is -0.302 e. The van der Waals surface area contributed by atoms with Gasteiger partial charge in [-0.05, 0) is 51.6 Å². The molecular formula is C14H24FN3. The molecule has 0 aromatic heterocycles. The second-order valence-electron chi connectivity index (χ2n) is 5.21. The average molecular weight is 253 g/mol. The van der Waals surface area contributed by atoms with Crippen LogP contribution in [0.1, 0.15) is 37.4 Å². The number of nitrogens with zero attached hydrogens (tertiary/aromatic N) is 1. The van der Waals surface area contributed by atoms with E-state index in [9.17, 15) is 4.39 Å². The molecule has 0 radical (unpaired) electrons. The molecule has 0 aliphatic heterocycles. The number of aryl methyl sites for hydroxylation is 1. The summed E-state index contributed by atoms with van der Waals surface area (Å²) < 4.78 is 13.7. The summed E-state index contributed by atoms with van der Waals surface area (Å²) in [6.07, 6.45) is 0.907. The summed E-state index contributed by atoms with van der Waals surface area (Å²) in [5, 5.41) is 0. The van der Waals surface area contributed by atoms with E-state index in [4.69, 9.17) is 5.84 Å². The Kier molecular flexibility index (Phi) is 4.85. The van der Waals surface area contributed by atoms with Gasteiger partial charge in [0.05, 0.1) is 6.04 Å². The predicted molar refractivity (Wildman–Crippen MR) is 73.6 cm³/mol. The van der Waals surface area contributed by atoms with Crippen LogP contribution in [-0.2, 0) is 0 Å². The van der Waals surface area contributed by atoms with Gasteiger partial charge in [0.15, 0.2) is 0 Å². The quantitative estimate of drug-likeness (QED) is 0.625. The maximum atomic E-state index is 13.7. The van der Waals surface area contributed by atoms with Crippen molar-refractivity contribution in [2.45, 2.75) is 38.8 Å². The van der Waals surface area contributed by atoms with Gasteiger partial charge in [0.1, 0.15) is 5.82 Å². The molecule has 102 valence electrons. The summed E-state index contributed by atoms with van der Waals surface area (Å²) >= 11 is 0. The lowest BCUT2D eigenvalue weighted by Crippen LogP contribution is -2.53. The second-order valence-corrected chi connectivity index (χ2v) is 5.21. The van der Waals surface area contributed by atoms with Crippen LogP contribution in [0.25, 0.3) is 0 Å². The summed E-state index contributed by atoms with van der Waals surface area (Å²) in [6, 6.07) is 5.17. The maximum absolute atomic E-state index is 13.7. The molecule has 0 bridgehead atoms. The number of rotatable bonds is 5. The van der Waals surface area contributed by atoms with Gasteiger partial charge in [-0.3, -0.25) is 11.3 Å². The van der Waals surface area contributed by atoms with Gasteiger partial charge in [-0.15, -0.1) is 0 Å². The van der Waals surface area contributed by atoms with Crippen LogP contribution in [0.5, 0.6) is 0 Å². The van der Waals surface area contributed by atoms with E-state index in [0.29, 0.717) is 5.56 Å². The molecule has 2 atom stereocenters.